The van der Waals surface area contributed by atoms with E-state index >= 15 is 0 Å². The minimum absolute atomic E-state index is 0.439. The number of benzene rings is 1. The van der Waals surface area contributed by atoms with Crippen LogP contribution in [-0.2, 0) is 6.54 Å². The Kier molecular flexibility index (Phi) is 4.39. The summed E-state index contributed by atoms with van der Waals surface area (Å²) in [5, 5.41) is 3.86. The van der Waals surface area contributed by atoms with E-state index in [2.05, 4.69) is 5.32 Å². The number of ether oxygens (including phenoxy) is 1. The number of nitrogens with one attached hydrogen (secondary N) is 1. The molecule has 0 saturated heterocycles. The van der Waals surface area contributed by atoms with Gasteiger partial charge in [-0.25, -0.2) is 0 Å². The molecule has 0 spiro atoms. The Morgan fingerprint density at radius 2 is 2.13 bits per heavy atom. The maximum absolute atomic E-state index is 6.18. The van der Waals surface area contributed by atoms with Crippen molar-refractivity contribution in [3.8, 4) is 5.75 Å². The molecule has 0 heterocycles. The highest BCUT2D eigenvalue weighted by atomic mass is 35.5. The highest BCUT2D eigenvalue weighted by molar-refractivity contribution is 6.32. The monoisotopic (exact) mass is 228 g/mol. The van der Waals surface area contributed by atoms with Crippen molar-refractivity contribution in [2.24, 2.45) is 5.73 Å². The largest absolute Gasteiger partial charge is 0.496 e. The molecule has 84 valence electrons. The van der Waals surface area contributed by atoms with Crippen molar-refractivity contribution in [3.05, 3.63) is 27.8 Å². The van der Waals surface area contributed by atoms with E-state index in [0.717, 1.165) is 27.5 Å². The lowest BCUT2D eigenvalue weighted by Gasteiger charge is -2.15. The summed E-state index contributed by atoms with van der Waals surface area (Å²) < 4.78 is 5.32. The van der Waals surface area contributed by atoms with Crippen molar-refractivity contribution in [1.29, 1.82) is 0 Å². The summed E-state index contributed by atoms with van der Waals surface area (Å²) in [7, 11) is 1.66. The van der Waals surface area contributed by atoms with Gasteiger partial charge in [0.25, 0.3) is 0 Å². The first-order valence-corrected chi connectivity index (χ1v) is 5.23. The normalized spacial score (nSPS) is 10.5. The lowest BCUT2D eigenvalue weighted by Crippen LogP contribution is -2.22. The third-order valence-electron chi connectivity index (χ3n) is 2.44. The van der Waals surface area contributed by atoms with Crippen LogP contribution in [0.2, 0.25) is 5.02 Å². The number of hydrogen-bond donors (Lipinski definition) is 2. The van der Waals surface area contributed by atoms with Gasteiger partial charge in [-0.2, -0.15) is 0 Å². The van der Waals surface area contributed by atoms with Crippen LogP contribution in [0.5, 0.6) is 5.75 Å². The van der Waals surface area contributed by atoms with E-state index in [1.165, 1.54) is 0 Å². The predicted molar refractivity (Wildman–Crippen MR) is 63.4 cm³/mol. The molecule has 0 atom stereocenters. The second-order valence-electron chi connectivity index (χ2n) is 3.44. The quantitative estimate of drug-likeness (QED) is 0.775. The fraction of sp³-hybridized carbons (Fsp3) is 0.455. The number of methoxy groups -OCH3 is 1. The molecule has 15 heavy (non-hydrogen) atoms. The van der Waals surface area contributed by atoms with Crippen LogP contribution in [0.15, 0.2) is 6.07 Å². The second-order valence-corrected chi connectivity index (χ2v) is 3.82. The molecule has 1 rings (SSSR count). The van der Waals surface area contributed by atoms with E-state index in [1.807, 2.05) is 19.9 Å². The average Bonchev–Trinajstić information content (AvgIpc) is 2.24. The van der Waals surface area contributed by atoms with E-state index in [0.29, 0.717) is 13.2 Å². The maximum atomic E-state index is 6.18. The maximum Gasteiger partial charge on any atom is 0.123 e. The third kappa shape index (κ3) is 2.62. The van der Waals surface area contributed by atoms with Crippen LogP contribution in [-0.4, -0.2) is 13.8 Å². The Morgan fingerprint density at radius 3 is 2.67 bits per heavy atom. The molecule has 0 unspecified atom stereocenters. The first-order chi connectivity index (χ1) is 7.11. The van der Waals surface area contributed by atoms with Crippen molar-refractivity contribution in [3.63, 3.8) is 0 Å². The molecule has 0 radical (unpaired) electrons. The van der Waals surface area contributed by atoms with Crippen molar-refractivity contribution < 1.29 is 4.74 Å². The van der Waals surface area contributed by atoms with Gasteiger partial charge in [0.05, 0.1) is 7.11 Å². The first-order valence-electron chi connectivity index (χ1n) is 4.85. The van der Waals surface area contributed by atoms with Crippen LogP contribution in [0.4, 0.5) is 0 Å². The Labute approximate surface area is 95.6 Å². The van der Waals surface area contributed by atoms with Gasteiger partial charge in [0, 0.05) is 23.8 Å². The SMILES string of the molecule is COc1cc(C)c(Cl)c(C)c1CNCN. The van der Waals surface area contributed by atoms with Crippen LogP contribution in [0.1, 0.15) is 16.7 Å². The number of nitrogens with two attached hydrogens (primary N) is 1. The topological polar surface area (TPSA) is 47.3 Å². The lowest BCUT2D eigenvalue weighted by molar-refractivity contribution is 0.407. The predicted octanol–water partition coefficient (Wildman–Crippen LogP) is 1.97. The van der Waals surface area contributed by atoms with Gasteiger partial charge in [0.15, 0.2) is 0 Å². The van der Waals surface area contributed by atoms with Crippen molar-refractivity contribution in [2.45, 2.75) is 20.4 Å². The second kappa shape index (κ2) is 5.35. The van der Waals surface area contributed by atoms with Gasteiger partial charge in [0.1, 0.15) is 5.75 Å². The number of rotatable bonds is 4. The summed E-state index contributed by atoms with van der Waals surface area (Å²) in [6.07, 6.45) is 0. The van der Waals surface area contributed by atoms with Crippen molar-refractivity contribution >= 4 is 11.6 Å². The van der Waals surface area contributed by atoms with E-state index in [9.17, 15) is 0 Å². The summed E-state index contributed by atoms with van der Waals surface area (Å²) in [6.45, 7) is 5.07. The molecule has 3 N–H and O–H groups in total. The van der Waals surface area contributed by atoms with Crippen LogP contribution in [0.25, 0.3) is 0 Å². The number of halogens is 1. The fourth-order valence-electron chi connectivity index (χ4n) is 1.56. The Bertz CT molecular complexity index is 353. The Balaban J connectivity index is 3.15. The highest BCUT2D eigenvalue weighted by Gasteiger charge is 2.11. The van der Waals surface area contributed by atoms with Crippen LogP contribution < -0.4 is 15.8 Å². The summed E-state index contributed by atoms with van der Waals surface area (Å²) >= 11 is 6.18. The summed E-state index contributed by atoms with van der Waals surface area (Å²) in [5.41, 5.74) is 8.55. The summed E-state index contributed by atoms with van der Waals surface area (Å²) in [6, 6.07) is 1.95. The van der Waals surface area contributed by atoms with E-state index < -0.39 is 0 Å². The molecule has 0 bridgehead atoms. The molecule has 1 aromatic rings. The van der Waals surface area contributed by atoms with Gasteiger partial charge in [-0.3, -0.25) is 0 Å². The van der Waals surface area contributed by atoms with Gasteiger partial charge in [0.2, 0.25) is 0 Å². The molecule has 1 aromatic carbocycles. The smallest absolute Gasteiger partial charge is 0.123 e. The molecule has 3 nitrogen and oxygen atoms in total. The minimum atomic E-state index is 0.439. The molecule has 0 saturated carbocycles. The van der Waals surface area contributed by atoms with Gasteiger partial charge >= 0.3 is 0 Å². The molecule has 0 amide bonds. The number of hydrogen-bond acceptors (Lipinski definition) is 3. The molecule has 0 fully saturated rings. The first kappa shape index (κ1) is 12.3. The van der Waals surface area contributed by atoms with Gasteiger partial charge in [-0.05, 0) is 31.0 Å². The lowest BCUT2D eigenvalue weighted by atomic mass is 10.0. The zero-order chi connectivity index (χ0) is 11.4. The minimum Gasteiger partial charge on any atom is -0.496 e. The van der Waals surface area contributed by atoms with Gasteiger partial charge < -0.3 is 15.8 Å². The molecule has 0 aliphatic rings. The summed E-state index contributed by atoms with van der Waals surface area (Å²) in [5.74, 6) is 0.857. The molecule has 0 aliphatic carbocycles. The molecule has 0 aromatic heterocycles. The zero-order valence-electron chi connectivity index (χ0n) is 9.36. The molecular formula is C11H17ClN2O. The molecule has 0 aliphatic heterocycles. The fourth-order valence-corrected chi connectivity index (χ4v) is 1.73. The molecular weight excluding hydrogens is 212 g/mol. The van der Waals surface area contributed by atoms with Crippen molar-refractivity contribution in [1.82, 2.24) is 5.32 Å². The van der Waals surface area contributed by atoms with E-state index in [1.54, 1.807) is 7.11 Å². The van der Waals surface area contributed by atoms with Gasteiger partial charge in [-0.15, -0.1) is 0 Å². The summed E-state index contributed by atoms with van der Waals surface area (Å²) in [4.78, 5) is 0. The molecule has 4 heteroatoms. The third-order valence-corrected chi connectivity index (χ3v) is 3.02. The van der Waals surface area contributed by atoms with Crippen LogP contribution in [0, 0.1) is 13.8 Å². The Hall–Kier alpha value is -0.770. The average molecular weight is 229 g/mol. The van der Waals surface area contributed by atoms with E-state index in [-0.39, 0.29) is 0 Å². The number of aryl methyl sites for hydroxylation is 1. The Morgan fingerprint density at radius 1 is 1.47 bits per heavy atom. The standard InChI is InChI=1S/C11H17ClN2O/c1-7-4-10(15-3)9(5-14-6-13)8(2)11(7)12/h4,14H,5-6,13H2,1-3H3. The van der Waals surface area contributed by atoms with Crippen LogP contribution >= 0.6 is 11.6 Å². The van der Waals surface area contributed by atoms with Crippen LogP contribution in [0.3, 0.4) is 0 Å². The zero-order valence-corrected chi connectivity index (χ0v) is 10.1. The van der Waals surface area contributed by atoms with Crippen molar-refractivity contribution in [2.75, 3.05) is 13.8 Å². The van der Waals surface area contributed by atoms with Gasteiger partial charge in [-0.1, -0.05) is 11.6 Å². The van der Waals surface area contributed by atoms with E-state index in [4.69, 9.17) is 22.1 Å². The highest BCUT2D eigenvalue weighted by Crippen LogP contribution is 2.31.